The van der Waals surface area contributed by atoms with Crippen LogP contribution in [0.2, 0.25) is 0 Å². The van der Waals surface area contributed by atoms with Gasteiger partial charge in [0.05, 0.1) is 0 Å². The van der Waals surface area contributed by atoms with E-state index in [1.807, 2.05) is 20.8 Å². The van der Waals surface area contributed by atoms with Crippen molar-refractivity contribution in [2.75, 3.05) is 20.1 Å². The predicted octanol–water partition coefficient (Wildman–Crippen LogP) is -0.326. The van der Waals surface area contributed by atoms with Gasteiger partial charge in [0, 0.05) is 19.1 Å². The highest BCUT2D eigenvalue weighted by Gasteiger charge is 2.10. The average molecular weight is 223 g/mol. The standard InChI is InChI=1S/C8H21N3O2S/c1-7(2)5-10-14(12,13)11-6-8(3)9-4/h7-11H,5-6H2,1-4H3. The zero-order valence-corrected chi connectivity index (χ0v) is 10.1. The summed E-state index contributed by atoms with van der Waals surface area (Å²) in [7, 11) is -1.53. The highest BCUT2D eigenvalue weighted by Crippen LogP contribution is 1.89. The Morgan fingerprint density at radius 3 is 2.00 bits per heavy atom. The third kappa shape index (κ3) is 7.25. The van der Waals surface area contributed by atoms with Crippen LogP contribution >= 0.6 is 0 Å². The Hall–Kier alpha value is -0.170. The lowest BCUT2D eigenvalue weighted by molar-refractivity contribution is 0.531. The minimum atomic E-state index is -3.32. The highest BCUT2D eigenvalue weighted by molar-refractivity contribution is 7.87. The SMILES string of the molecule is CNC(C)CNS(=O)(=O)NCC(C)C. The molecule has 86 valence electrons. The summed E-state index contributed by atoms with van der Waals surface area (Å²) in [4.78, 5) is 0. The van der Waals surface area contributed by atoms with Crippen molar-refractivity contribution in [2.45, 2.75) is 26.8 Å². The Morgan fingerprint density at radius 2 is 1.57 bits per heavy atom. The maximum atomic E-state index is 11.3. The molecule has 0 saturated carbocycles. The second-order valence-electron chi connectivity index (χ2n) is 3.78. The molecule has 5 nitrogen and oxygen atoms in total. The van der Waals surface area contributed by atoms with Gasteiger partial charge in [0.15, 0.2) is 0 Å². The molecule has 0 heterocycles. The van der Waals surface area contributed by atoms with Gasteiger partial charge < -0.3 is 5.32 Å². The molecule has 0 rings (SSSR count). The molecule has 0 aromatic carbocycles. The van der Waals surface area contributed by atoms with E-state index >= 15 is 0 Å². The van der Waals surface area contributed by atoms with Crippen LogP contribution in [0.1, 0.15) is 20.8 Å². The molecular formula is C8H21N3O2S. The van der Waals surface area contributed by atoms with E-state index in [1.54, 1.807) is 7.05 Å². The Bertz CT molecular complexity index is 239. The zero-order chi connectivity index (χ0) is 11.2. The molecule has 6 heteroatoms. The number of likely N-dealkylation sites (N-methyl/N-ethyl adjacent to an activating group) is 1. The number of hydrogen-bond acceptors (Lipinski definition) is 3. The molecule has 0 saturated heterocycles. The first kappa shape index (κ1) is 13.8. The van der Waals surface area contributed by atoms with Crippen LogP contribution in [0.5, 0.6) is 0 Å². The number of hydrogen-bond donors (Lipinski definition) is 3. The highest BCUT2D eigenvalue weighted by atomic mass is 32.2. The van der Waals surface area contributed by atoms with Crippen LogP contribution in [-0.2, 0) is 10.2 Å². The van der Waals surface area contributed by atoms with Crippen LogP contribution in [0.4, 0.5) is 0 Å². The van der Waals surface area contributed by atoms with Gasteiger partial charge in [-0.15, -0.1) is 0 Å². The average Bonchev–Trinajstić information content (AvgIpc) is 2.11. The molecule has 0 aliphatic rings. The quantitative estimate of drug-likeness (QED) is 0.554. The maximum absolute atomic E-state index is 11.3. The molecule has 0 radical (unpaired) electrons. The second-order valence-corrected chi connectivity index (χ2v) is 5.37. The molecule has 14 heavy (non-hydrogen) atoms. The minimum Gasteiger partial charge on any atom is -0.316 e. The van der Waals surface area contributed by atoms with Crippen LogP contribution < -0.4 is 14.8 Å². The molecular weight excluding hydrogens is 202 g/mol. The second kappa shape index (κ2) is 6.34. The van der Waals surface area contributed by atoms with Gasteiger partial charge >= 0.3 is 0 Å². The van der Waals surface area contributed by atoms with Crippen molar-refractivity contribution in [3.8, 4) is 0 Å². The molecule has 0 aliphatic carbocycles. The van der Waals surface area contributed by atoms with Crippen LogP contribution in [0.25, 0.3) is 0 Å². The largest absolute Gasteiger partial charge is 0.316 e. The smallest absolute Gasteiger partial charge is 0.276 e. The molecule has 0 aliphatic heterocycles. The van der Waals surface area contributed by atoms with Crippen molar-refractivity contribution in [3.63, 3.8) is 0 Å². The van der Waals surface area contributed by atoms with Crippen LogP contribution in [0.3, 0.4) is 0 Å². The third-order valence-corrected chi connectivity index (χ3v) is 2.85. The van der Waals surface area contributed by atoms with Gasteiger partial charge in [0.1, 0.15) is 0 Å². The normalized spacial score (nSPS) is 14.6. The van der Waals surface area contributed by atoms with Crippen LogP contribution in [0, 0.1) is 5.92 Å². The summed E-state index contributed by atoms with van der Waals surface area (Å²) in [5, 5.41) is 2.95. The van der Waals surface area contributed by atoms with E-state index in [4.69, 9.17) is 0 Å². The van der Waals surface area contributed by atoms with Crippen LogP contribution in [0.15, 0.2) is 0 Å². The Balaban J connectivity index is 3.84. The lowest BCUT2D eigenvalue weighted by Gasteiger charge is -2.13. The van der Waals surface area contributed by atoms with Crippen molar-refractivity contribution in [1.82, 2.24) is 14.8 Å². The van der Waals surface area contributed by atoms with E-state index in [0.29, 0.717) is 19.0 Å². The summed E-state index contributed by atoms with van der Waals surface area (Å²) in [5.41, 5.74) is 0. The lowest BCUT2D eigenvalue weighted by atomic mass is 10.2. The third-order valence-electron chi connectivity index (χ3n) is 1.75. The maximum Gasteiger partial charge on any atom is 0.276 e. The topological polar surface area (TPSA) is 70.2 Å². The fourth-order valence-electron chi connectivity index (χ4n) is 0.664. The fourth-order valence-corrected chi connectivity index (χ4v) is 1.79. The summed E-state index contributed by atoms with van der Waals surface area (Å²) in [6, 6.07) is 0.130. The summed E-state index contributed by atoms with van der Waals surface area (Å²) in [5.74, 6) is 0.313. The lowest BCUT2D eigenvalue weighted by Crippen LogP contribution is -2.43. The Labute approximate surface area is 86.8 Å². The number of rotatable bonds is 7. The summed E-state index contributed by atoms with van der Waals surface area (Å²) in [6.45, 7) is 6.68. The van der Waals surface area contributed by atoms with Gasteiger partial charge in [-0.25, -0.2) is 9.44 Å². The number of nitrogens with one attached hydrogen (secondary N) is 3. The van der Waals surface area contributed by atoms with Crippen molar-refractivity contribution in [1.29, 1.82) is 0 Å². The van der Waals surface area contributed by atoms with Crippen molar-refractivity contribution >= 4 is 10.2 Å². The first-order valence-corrected chi connectivity index (χ1v) is 6.27. The van der Waals surface area contributed by atoms with Crippen molar-refractivity contribution in [3.05, 3.63) is 0 Å². The summed E-state index contributed by atoms with van der Waals surface area (Å²) < 4.78 is 27.5. The fraction of sp³-hybridized carbons (Fsp3) is 1.00. The van der Waals surface area contributed by atoms with Crippen LogP contribution in [-0.4, -0.2) is 34.6 Å². The van der Waals surface area contributed by atoms with Crippen molar-refractivity contribution < 1.29 is 8.42 Å². The van der Waals surface area contributed by atoms with E-state index in [0.717, 1.165) is 0 Å². The zero-order valence-electron chi connectivity index (χ0n) is 9.29. The molecule has 0 spiro atoms. The van der Waals surface area contributed by atoms with Gasteiger partial charge in [-0.1, -0.05) is 13.8 Å². The first-order valence-electron chi connectivity index (χ1n) is 4.79. The monoisotopic (exact) mass is 223 g/mol. The van der Waals surface area contributed by atoms with Gasteiger partial charge in [0.25, 0.3) is 10.2 Å². The minimum absolute atomic E-state index is 0.130. The molecule has 1 unspecified atom stereocenters. The molecule has 0 bridgehead atoms. The van der Waals surface area contributed by atoms with E-state index in [9.17, 15) is 8.42 Å². The van der Waals surface area contributed by atoms with Gasteiger partial charge in [0.2, 0.25) is 0 Å². The Morgan fingerprint density at radius 1 is 1.07 bits per heavy atom. The molecule has 1 atom stereocenters. The molecule has 0 aromatic heterocycles. The molecule has 0 fully saturated rings. The van der Waals surface area contributed by atoms with E-state index in [1.165, 1.54) is 0 Å². The Kier molecular flexibility index (Phi) is 6.26. The van der Waals surface area contributed by atoms with E-state index in [2.05, 4.69) is 14.8 Å². The molecule has 0 aromatic rings. The molecule has 0 amide bonds. The summed E-state index contributed by atoms with van der Waals surface area (Å²) in [6.07, 6.45) is 0. The van der Waals surface area contributed by atoms with E-state index < -0.39 is 10.2 Å². The first-order chi connectivity index (χ1) is 6.37. The van der Waals surface area contributed by atoms with Gasteiger partial charge in [-0.05, 0) is 19.9 Å². The van der Waals surface area contributed by atoms with Crippen molar-refractivity contribution in [2.24, 2.45) is 5.92 Å². The predicted molar refractivity (Wildman–Crippen MR) is 58.3 cm³/mol. The van der Waals surface area contributed by atoms with Gasteiger partial charge in [-0.2, -0.15) is 8.42 Å². The van der Waals surface area contributed by atoms with E-state index in [-0.39, 0.29) is 6.04 Å². The summed E-state index contributed by atoms with van der Waals surface area (Å²) >= 11 is 0. The molecule has 3 N–H and O–H groups in total. The van der Waals surface area contributed by atoms with Gasteiger partial charge in [-0.3, -0.25) is 0 Å².